The minimum Gasteiger partial charge on any atom is -0.481 e. The molecule has 4 nitrogen and oxygen atoms in total. The molecule has 116 valence electrons. The van der Waals surface area contributed by atoms with E-state index < -0.39 is 11.9 Å². The Morgan fingerprint density at radius 3 is 2.24 bits per heavy atom. The molecule has 0 aliphatic carbocycles. The highest BCUT2D eigenvalue weighted by molar-refractivity contribution is 5.90. The Morgan fingerprint density at radius 2 is 1.76 bits per heavy atom. The number of aliphatic carboxylic acids is 1. The van der Waals surface area contributed by atoms with Crippen LogP contribution in [0.5, 0.6) is 0 Å². The lowest BCUT2D eigenvalue weighted by Crippen LogP contribution is -2.13. The quantitative estimate of drug-likeness (QED) is 0.831. The fourth-order valence-electron chi connectivity index (χ4n) is 2.00. The lowest BCUT2D eigenvalue weighted by molar-refractivity contribution is -0.138. The molecule has 2 N–H and O–H groups in total. The maximum atomic E-state index is 11.8. The number of carboxylic acid groups (broad SMARTS) is 1. The van der Waals surface area contributed by atoms with Crippen LogP contribution in [0.15, 0.2) is 24.3 Å². The second-order valence-electron chi connectivity index (χ2n) is 6.64. The van der Waals surface area contributed by atoms with Crippen molar-refractivity contribution in [2.45, 2.75) is 52.9 Å². The summed E-state index contributed by atoms with van der Waals surface area (Å²) in [5.41, 5.74) is 1.68. The second-order valence-corrected chi connectivity index (χ2v) is 6.64. The third kappa shape index (κ3) is 6.43. The van der Waals surface area contributed by atoms with Crippen molar-refractivity contribution in [3.8, 4) is 0 Å². The Bertz CT molecular complexity index is 486. The van der Waals surface area contributed by atoms with Crippen molar-refractivity contribution in [1.29, 1.82) is 0 Å². The maximum absolute atomic E-state index is 11.8. The highest BCUT2D eigenvalue weighted by Crippen LogP contribution is 2.22. The van der Waals surface area contributed by atoms with Crippen molar-refractivity contribution in [3.05, 3.63) is 29.8 Å². The number of carbonyl (C=O) groups excluding carboxylic acids is 1. The number of hydrogen-bond acceptors (Lipinski definition) is 2. The number of anilines is 1. The molecular weight excluding hydrogens is 266 g/mol. The van der Waals surface area contributed by atoms with Gasteiger partial charge in [-0.1, -0.05) is 32.9 Å². The molecule has 0 radical (unpaired) electrons. The molecule has 0 fully saturated rings. The van der Waals surface area contributed by atoms with E-state index in [0.29, 0.717) is 12.1 Å². The largest absolute Gasteiger partial charge is 0.481 e. The van der Waals surface area contributed by atoms with Crippen LogP contribution in [0.2, 0.25) is 0 Å². The Kier molecular flexibility index (Phi) is 5.94. The topological polar surface area (TPSA) is 66.4 Å². The molecule has 1 atom stereocenters. The summed E-state index contributed by atoms with van der Waals surface area (Å²) in [5, 5.41) is 11.8. The average Bonchev–Trinajstić information content (AvgIpc) is 2.37. The van der Waals surface area contributed by atoms with Gasteiger partial charge in [0.05, 0.1) is 5.92 Å². The van der Waals surface area contributed by atoms with Crippen molar-refractivity contribution >= 4 is 17.6 Å². The lowest BCUT2D eigenvalue weighted by atomic mass is 9.90. The zero-order chi connectivity index (χ0) is 16.0. The van der Waals surface area contributed by atoms with Crippen molar-refractivity contribution in [3.63, 3.8) is 0 Å². The van der Waals surface area contributed by atoms with Gasteiger partial charge in [0.2, 0.25) is 5.91 Å². The van der Waals surface area contributed by atoms with Crippen LogP contribution >= 0.6 is 0 Å². The molecule has 1 aromatic carbocycles. The highest BCUT2D eigenvalue weighted by atomic mass is 16.4. The molecule has 1 aromatic rings. The molecule has 0 aliphatic rings. The van der Waals surface area contributed by atoms with Gasteiger partial charge in [0, 0.05) is 12.1 Å². The van der Waals surface area contributed by atoms with Crippen LogP contribution in [-0.2, 0) is 9.59 Å². The predicted molar refractivity (Wildman–Crippen MR) is 84.4 cm³/mol. The molecule has 0 bridgehead atoms. The minimum absolute atomic E-state index is 0.00159. The summed E-state index contributed by atoms with van der Waals surface area (Å²) in [4.78, 5) is 22.7. The van der Waals surface area contributed by atoms with Gasteiger partial charge >= 0.3 is 5.97 Å². The molecule has 0 saturated carbocycles. The summed E-state index contributed by atoms with van der Waals surface area (Å²) in [6.45, 7) is 8.12. The summed E-state index contributed by atoms with van der Waals surface area (Å²) in [6, 6.07) is 6.97. The van der Waals surface area contributed by atoms with Crippen LogP contribution < -0.4 is 5.32 Å². The van der Waals surface area contributed by atoms with Crippen molar-refractivity contribution < 1.29 is 14.7 Å². The van der Waals surface area contributed by atoms with Gasteiger partial charge in [0.25, 0.3) is 0 Å². The Hall–Kier alpha value is -1.84. The third-order valence-corrected chi connectivity index (χ3v) is 3.40. The smallest absolute Gasteiger partial charge is 0.310 e. The Balaban J connectivity index is 2.48. The van der Waals surface area contributed by atoms with E-state index in [9.17, 15) is 9.59 Å². The summed E-state index contributed by atoms with van der Waals surface area (Å²) in [5.74, 6) is -1.39. The molecule has 0 spiro atoms. The summed E-state index contributed by atoms with van der Waals surface area (Å²) >= 11 is 0. The summed E-state index contributed by atoms with van der Waals surface area (Å²) in [6.07, 6.45) is 2.38. The Labute approximate surface area is 126 Å². The van der Waals surface area contributed by atoms with Gasteiger partial charge in [-0.05, 0) is 42.9 Å². The zero-order valence-electron chi connectivity index (χ0n) is 13.3. The fraction of sp³-hybridized carbons (Fsp3) is 0.529. The lowest BCUT2D eigenvalue weighted by Gasteiger charge is -2.17. The fourth-order valence-corrected chi connectivity index (χ4v) is 2.00. The molecule has 1 unspecified atom stereocenters. The number of hydrogen-bond donors (Lipinski definition) is 2. The second kappa shape index (κ2) is 7.25. The minimum atomic E-state index is -0.853. The first-order valence-electron chi connectivity index (χ1n) is 7.32. The molecule has 0 aliphatic heterocycles. The number of nitrogens with one attached hydrogen (secondary N) is 1. The van der Waals surface area contributed by atoms with E-state index in [1.54, 1.807) is 31.2 Å². The number of carboxylic acids is 1. The van der Waals surface area contributed by atoms with E-state index in [4.69, 9.17) is 5.11 Å². The molecule has 0 heterocycles. The van der Waals surface area contributed by atoms with Gasteiger partial charge in [-0.3, -0.25) is 9.59 Å². The molecule has 1 amide bonds. The van der Waals surface area contributed by atoms with E-state index in [1.165, 1.54) is 0 Å². The monoisotopic (exact) mass is 291 g/mol. The predicted octanol–water partition coefficient (Wildman–Crippen LogP) is 4.03. The normalized spacial score (nSPS) is 12.8. The average molecular weight is 291 g/mol. The van der Waals surface area contributed by atoms with E-state index in [0.717, 1.165) is 18.4 Å². The molecule has 0 saturated heterocycles. The third-order valence-electron chi connectivity index (χ3n) is 3.40. The summed E-state index contributed by atoms with van der Waals surface area (Å²) < 4.78 is 0. The number of amides is 1. The van der Waals surface area contributed by atoms with Gasteiger partial charge in [-0.2, -0.15) is 0 Å². The van der Waals surface area contributed by atoms with Crippen molar-refractivity contribution in [1.82, 2.24) is 0 Å². The number of benzene rings is 1. The standard InChI is InChI=1S/C17H25NO3/c1-12(16(20)21)13-7-9-14(10-8-13)18-15(19)6-5-11-17(2,3)4/h7-10,12H,5-6,11H2,1-4H3,(H,18,19)(H,20,21). The van der Waals surface area contributed by atoms with Crippen LogP contribution in [0.4, 0.5) is 5.69 Å². The van der Waals surface area contributed by atoms with Gasteiger partial charge in [0.1, 0.15) is 0 Å². The summed E-state index contributed by atoms with van der Waals surface area (Å²) in [7, 11) is 0. The van der Waals surface area contributed by atoms with Crippen LogP contribution in [0.1, 0.15) is 58.4 Å². The first kappa shape index (κ1) is 17.2. The van der Waals surface area contributed by atoms with Gasteiger partial charge in [0.15, 0.2) is 0 Å². The molecule has 4 heteroatoms. The van der Waals surface area contributed by atoms with Gasteiger partial charge in [-0.25, -0.2) is 0 Å². The number of carbonyl (C=O) groups is 2. The van der Waals surface area contributed by atoms with Crippen LogP contribution in [0.25, 0.3) is 0 Å². The van der Waals surface area contributed by atoms with Crippen molar-refractivity contribution in [2.24, 2.45) is 5.41 Å². The van der Waals surface area contributed by atoms with Crippen LogP contribution in [0, 0.1) is 5.41 Å². The zero-order valence-corrected chi connectivity index (χ0v) is 13.3. The molecule has 0 aromatic heterocycles. The Morgan fingerprint density at radius 1 is 1.19 bits per heavy atom. The first-order valence-corrected chi connectivity index (χ1v) is 7.32. The highest BCUT2D eigenvalue weighted by Gasteiger charge is 2.14. The molecule has 21 heavy (non-hydrogen) atoms. The first-order chi connectivity index (χ1) is 9.69. The molecular formula is C17H25NO3. The SMILES string of the molecule is CC(C(=O)O)c1ccc(NC(=O)CCCC(C)(C)C)cc1. The number of rotatable bonds is 6. The van der Waals surface area contributed by atoms with E-state index in [1.807, 2.05) is 0 Å². The van der Waals surface area contributed by atoms with Crippen molar-refractivity contribution in [2.75, 3.05) is 5.32 Å². The van der Waals surface area contributed by atoms with Gasteiger partial charge < -0.3 is 10.4 Å². The van der Waals surface area contributed by atoms with E-state index >= 15 is 0 Å². The maximum Gasteiger partial charge on any atom is 0.310 e. The molecule has 1 rings (SSSR count). The van der Waals surface area contributed by atoms with Crippen LogP contribution in [-0.4, -0.2) is 17.0 Å². The van der Waals surface area contributed by atoms with Crippen LogP contribution in [0.3, 0.4) is 0 Å². The van der Waals surface area contributed by atoms with E-state index in [2.05, 4.69) is 26.1 Å². The van der Waals surface area contributed by atoms with Gasteiger partial charge in [-0.15, -0.1) is 0 Å². The van der Waals surface area contributed by atoms with E-state index in [-0.39, 0.29) is 11.3 Å².